The molecule has 0 aliphatic carbocycles. The quantitative estimate of drug-likeness (QED) is 0.627. The Morgan fingerprint density at radius 3 is 3.06 bits per heavy atom. The van der Waals surface area contributed by atoms with Crippen LogP contribution in [0.25, 0.3) is 0 Å². The highest BCUT2D eigenvalue weighted by Crippen LogP contribution is 2.07. The first kappa shape index (κ1) is 12.9. The molecule has 5 nitrogen and oxygen atoms in total. The Balaban J connectivity index is 2.48. The van der Waals surface area contributed by atoms with Gasteiger partial charge in [0.25, 0.3) is 0 Å². The fourth-order valence-electron chi connectivity index (χ4n) is 1.51. The molecule has 0 saturated carbocycles. The van der Waals surface area contributed by atoms with E-state index < -0.39 is 6.10 Å². The molecule has 1 aliphatic rings. The van der Waals surface area contributed by atoms with E-state index in [1.54, 1.807) is 13.1 Å². The van der Waals surface area contributed by atoms with Gasteiger partial charge in [-0.25, -0.2) is 0 Å². The number of rotatable bonds is 5. The van der Waals surface area contributed by atoms with Gasteiger partial charge in [-0.15, -0.1) is 0 Å². The van der Waals surface area contributed by atoms with Gasteiger partial charge in [-0.2, -0.15) is 0 Å². The third-order valence-corrected chi connectivity index (χ3v) is 2.41. The Morgan fingerprint density at radius 1 is 1.75 bits per heavy atom. The van der Waals surface area contributed by atoms with Crippen LogP contribution < -0.4 is 10.6 Å². The van der Waals surface area contributed by atoms with E-state index in [4.69, 9.17) is 4.74 Å². The number of allylic oxidation sites excluding steroid dienone is 1. The lowest BCUT2D eigenvalue weighted by Crippen LogP contribution is -2.46. The maximum atomic E-state index is 11.4. The van der Waals surface area contributed by atoms with Gasteiger partial charge in [0, 0.05) is 19.0 Å². The van der Waals surface area contributed by atoms with Gasteiger partial charge in [-0.05, 0) is 20.0 Å². The van der Waals surface area contributed by atoms with Crippen LogP contribution in [0, 0.1) is 0 Å². The molecule has 2 N–H and O–H groups in total. The minimum Gasteiger partial charge on any atom is -0.366 e. The van der Waals surface area contributed by atoms with Crippen molar-refractivity contribution in [3.8, 4) is 0 Å². The molecule has 5 heteroatoms. The summed E-state index contributed by atoms with van der Waals surface area (Å²) >= 11 is 0. The van der Waals surface area contributed by atoms with Gasteiger partial charge in [0.15, 0.2) is 5.78 Å². The van der Waals surface area contributed by atoms with Crippen molar-refractivity contribution in [2.24, 2.45) is 0 Å². The third-order valence-electron chi connectivity index (χ3n) is 2.41. The first-order valence-corrected chi connectivity index (χ1v) is 5.39. The standard InChI is InChI=1S/C11H18N2O3/c1-8(14)3-4-9(12-2)7-10-11(15)13-5-6-16-10/h3-4,9-10,12H,5-7H2,1-2H3,(H,13,15)/b4-3+/t9-,10+/m1/s1. The number of morpholine rings is 1. The van der Waals surface area contributed by atoms with Crippen LogP contribution >= 0.6 is 0 Å². The number of hydrogen-bond donors (Lipinski definition) is 2. The predicted octanol–water partition coefficient (Wildman–Crippen LogP) is -0.375. The molecule has 0 unspecified atom stereocenters. The molecule has 0 aromatic rings. The number of ether oxygens (including phenoxy) is 1. The van der Waals surface area contributed by atoms with Gasteiger partial charge in [-0.3, -0.25) is 9.59 Å². The largest absolute Gasteiger partial charge is 0.366 e. The minimum atomic E-state index is -0.428. The second-order valence-corrected chi connectivity index (χ2v) is 3.75. The van der Waals surface area contributed by atoms with Gasteiger partial charge in [-0.1, -0.05) is 6.08 Å². The van der Waals surface area contributed by atoms with E-state index in [-0.39, 0.29) is 17.7 Å². The van der Waals surface area contributed by atoms with Crippen LogP contribution in [0.1, 0.15) is 13.3 Å². The normalized spacial score (nSPS) is 23.1. The van der Waals surface area contributed by atoms with E-state index in [1.165, 1.54) is 13.0 Å². The molecule has 1 saturated heterocycles. The molecule has 16 heavy (non-hydrogen) atoms. The summed E-state index contributed by atoms with van der Waals surface area (Å²) in [4.78, 5) is 22.2. The minimum absolute atomic E-state index is 0.00531. The van der Waals surface area contributed by atoms with Gasteiger partial charge in [0.05, 0.1) is 6.61 Å². The van der Waals surface area contributed by atoms with E-state index in [9.17, 15) is 9.59 Å². The molecule has 2 atom stereocenters. The van der Waals surface area contributed by atoms with E-state index in [1.807, 2.05) is 0 Å². The lowest BCUT2D eigenvalue weighted by atomic mass is 10.1. The molecule has 1 amide bonds. The average molecular weight is 226 g/mol. The maximum Gasteiger partial charge on any atom is 0.249 e. The summed E-state index contributed by atoms with van der Waals surface area (Å²) in [6.07, 6.45) is 3.37. The zero-order chi connectivity index (χ0) is 12.0. The van der Waals surface area contributed by atoms with E-state index >= 15 is 0 Å². The van der Waals surface area contributed by atoms with Gasteiger partial charge >= 0.3 is 0 Å². The Hall–Kier alpha value is -1.20. The van der Waals surface area contributed by atoms with E-state index in [0.717, 1.165) is 0 Å². The Bertz CT molecular complexity index is 289. The molecule has 0 aromatic carbocycles. The fraction of sp³-hybridized carbons (Fsp3) is 0.636. The van der Waals surface area contributed by atoms with Crippen molar-refractivity contribution in [2.45, 2.75) is 25.5 Å². The molecule has 1 heterocycles. The molecular weight excluding hydrogens is 208 g/mol. The van der Waals surface area contributed by atoms with Crippen LogP contribution in [0.2, 0.25) is 0 Å². The van der Waals surface area contributed by atoms with Gasteiger partial charge < -0.3 is 15.4 Å². The summed E-state index contributed by atoms with van der Waals surface area (Å²) in [5.41, 5.74) is 0. The van der Waals surface area contributed by atoms with Crippen molar-refractivity contribution in [3.05, 3.63) is 12.2 Å². The lowest BCUT2D eigenvalue weighted by molar-refractivity contribution is -0.138. The van der Waals surface area contributed by atoms with Crippen molar-refractivity contribution >= 4 is 11.7 Å². The summed E-state index contributed by atoms with van der Waals surface area (Å²) in [5, 5.41) is 5.77. The van der Waals surface area contributed by atoms with E-state index in [2.05, 4.69) is 10.6 Å². The molecule has 1 fully saturated rings. The zero-order valence-corrected chi connectivity index (χ0v) is 9.66. The number of hydrogen-bond acceptors (Lipinski definition) is 4. The number of nitrogens with one attached hydrogen (secondary N) is 2. The summed E-state index contributed by atoms with van der Waals surface area (Å²) in [6.45, 7) is 2.61. The second kappa shape index (κ2) is 6.40. The lowest BCUT2D eigenvalue weighted by Gasteiger charge is -2.25. The highest BCUT2D eigenvalue weighted by molar-refractivity contribution is 5.87. The number of ketones is 1. The first-order chi connectivity index (χ1) is 7.63. The molecule has 0 bridgehead atoms. The van der Waals surface area contributed by atoms with Crippen LogP contribution in [0.4, 0.5) is 0 Å². The summed E-state index contributed by atoms with van der Waals surface area (Å²) < 4.78 is 5.36. The fourth-order valence-corrected chi connectivity index (χ4v) is 1.51. The Kier molecular flexibility index (Phi) is 5.14. The van der Waals surface area contributed by atoms with Crippen LogP contribution in [0.15, 0.2) is 12.2 Å². The van der Waals surface area contributed by atoms with Crippen molar-refractivity contribution in [1.29, 1.82) is 0 Å². The molecule has 0 radical (unpaired) electrons. The number of likely N-dealkylation sites (N-methyl/N-ethyl adjacent to an activating group) is 1. The topological polar surface area (TPSA) is 67.4 Å². The zero-order valence-electron chi connectivity index (χ0n) is 9.66. The van der Waals surface area contributed by atoms with Crippen molar-refractivity contribution in [2.75, 3.05) is 20.2 Å². The van der Waals surface area contributed by atoms with Crippen molar-refractivity contribution < 1.29 is 14.3 Å². The van der Waals surface area contributed by atoms with E-state index in [0.29, 0.717) is 19.6 Å². The third kappa shape index (κ3) is 4.12. The molecule has 1 aliphatic heterocycles. The van der Waals surface area contributed by atoms with Crippen LogP contribution in [-0.4, -0.2) is 44.0 Å². The van der Waals surface area contributed by atoms with Crippen LogP contribution in [-0.2, 0) is 14.3 Å². The SMILES string of the molecule is CN[C@H](/C=C/C(C)=O)C[C@@H]1OCCNC1=O. The monoisotopic (exact) mass is 226 g/mol. The average Bonchev–Trinajstić information content (AvgIpc) is 2.26. The van der Waals surface area contributed by atoms with Gasteiger partial charge in [0.1, 0.15) is 6.10 Å². The molecule has 0 aromatic heterocycles. The number of carbonyl (C=O) groups excluding carboxylic acids is 2. The Morgan fingerprint density at radius 2 is 2.50 bits per heavy atom. The molecule has 1 rings (SSSR count). The first-order valence-electron chi connectivity index (χ1n) is 5.39. The smallest absolute Gasteiger partial charge is 0.249 e. The van der Waals surface area contributed by atoms with Crippen LogP contribution in [0.3, 0.4) is 0 Å². The summed E-state index contributed by atoms with van der Waals surface area (Å²) in [7, 11) is 1.79. The summed E-state index contributed by atoms with van der Waals surface area (Å²) in [5.74, 6) is -0.0861. The highest BCUT2D eigenvalue weighted by Gasteiger charge is 2.24. The van der Waals surface area contributed by atoms with Crippen molar-refractivity contribution in [3.63, 3.8) is 0 Å². The maximum absolute atomic E-state index is 11.4. The summed E-state index contributed by atoms with van der Waals surface area (Å²) in [6, 6.07) is -0.0299. The highest BCUT2D eigenvalue weighted by atomic mass is 16.5. The molecule has 90 valence electrons. The Labute approximate surface area is 95.2 Å². The van der Waals surface area contributed by atoms with Gasteiger partial charge in [0.2, 0.25) is 5.91 Å². The van der Waals surface area contributed by atoms with Crippen LogP contribution in [0.5, 0.6) is 0 Å². The predicted molar refractivity (Wildman–Crippen MR) is 60.0 cm³/mol. The molecule has 0 spiro atoms. The molecular formula is C11H18N2O3. The van der Waals surface area contributed by atoms with Crippen molar-refractivity contribution in [1.82, 2.24) is 10.6 Å². The second-order valence-electron chi connectivity index (χ2n) is 3.75. The number of carbonyl (C=O) groups is 2. The number of amides is 1.